The minimum atomic E-state index is -1.78. The molecule has 124 valence electrons. The maximum Gasteiger partial charge on any atom is 0.407 e. The molecule has 0 aliphatic rings. The molecule has 1 unspecified atom stereocenters. The Bertz CT molecular complexity index is 469. The lowest BCUT2D eigenvalue weighted by atomic mass is 10.2. The zero-order valence-corrected chi connectivity index (χ0v) is 15.6. The van der Waals surface area contributed by atoms with Crippen LogP contribution in [0.25, 0.3) is 0 Å². The first-order chi connectivity index (χ1) is 10.1. The molecule has 5 heteroatoms. The van der Waals surface area contributed by atoms with E-state index in [1.165, 1.54) is 0 Å². The SMILES string of the molecule is CC(CO[Si](C)(C)C(C)(C)C)NC(=O)OCc1ccccc1. The molecule has 1 N–H and O–H groups in total. The van der Waals surface area contributed by atoms with E-state index in [4.69, 9.17) is 9.16 Å². The lowest BCUT2D eigenvalue weighted by Gasteiger charge is -2.37. The van der Waals surface area contributed by atoms with Crippen LogP contribution in [0.1, 0.15) is 33.3 Å². The fourth-order valence-electron chi connectivity index (χ4n) is 1.56. The maximum atomic E-state index is 11.8. The molecule has 0 spiro atoms. The highest BCUT2D eigenvalue weighted by atomic mass is 28.4. The summed E-state index contributed by atoms with van der Waals surface area (Å²) in [7, 11) is -1.78. The van der Waals surface area contributed by atoms with E-state index in [2.05, 4.69) is 39.2 Å². The second-order valence-electron chi connectivity index (χ2n) is 7.18. The predicted octanol–water partition coefficient (Wildman–Crippen LogP) is 4.32. The monoisotopic (exact) mass is 323 g/mol. The number of hydrogen-bond acceptors (Lipinski definition) is 3. The summed E-state index contributed by atoms with van der Waals surface area (Å²) in [5.41, 5.74) is 0.975. The van der Waals surface area contributed by atoms with Crippen molar-refractivity contribution in [3.05, 3.63) is 35.9 Å². The third-order valence-electron chi connectivity index (χ3n) is 4.08. The van der Waals surface area contributed by atoms with Crippen molar-refractivity contribution in [2.24, 2.45) is 0 Å². The smallest absolute Gasteiger partial charge is 0.407 e. The van der Waals surface area contributed by atoms with E-state index in [1.807, 2.05) is 37.3 Å². The van der Waals surface area contributed by atoms with Crippen LogP contribution in [0.5, 0.6) is 0 Å². The molecule has 1 atom stereocenters. The average Bonchev–Trinajstić information content (AvgIpc) is 2.43. The van der Waals surface area contributed by atoms with Crippen molar-refractivity contribution in [2.45, 2.75) is 58.5 Å². The van der Waals surface area contributed by atoms with Crippen LogP contribution in [-0.2, 0) is 15.8 Å². The summed E-state index contributed by atoms with van der Waals surface area (Å²) < 4.78 is 11.3. The Labute approximate surface area is 135 Å². The molecule has 0 bridgehead atoms. The van der Waals surface area contributed by atoms with Crippen LogP contribution >= 0.6 is 0 Å². The van der Waals surface area contributed by atoms with Crippen LogP contribution < -0.4 is 5.32 Å². The lowest BCUT2D eigenvalue weighted by Crippen LogP contribution is -2.45. The molecule has 0 aliphatic heterocycles. The Kier molecular flexibility index (Phi) is 6.62. The van der Waals surface area contributed by atoms with Gasteiger partial charge in [-0.2, -0.15) is 0 Å². The Hall–Kier alpha value is -1.33. The van der Waals surface area contributed by atoms with E-state index in [9.17, 15) is 4.79 Å². The molecule has 1 rings (SSSR count). The van der Waals surface area contributed by atoms with Gasteiger partial charge in [-0.15, -0.1) is 0 Å². The first-order valence-corrected chi connectivity index (χ1v) is 10.6. The molecule has 22 heavy (non-hydrogen) atoms. The van der Waals surface area contributed by atoms with E-state index in [0.29, 0.717) is 6.61 Å². The van der Waals surface area contributed by atoms with Crippen molar-refractivity contribution in [1.82, 2.24) is 5.32 Å². The van der Waals surface area contributed by atoms with Gasteiger partial charge in [0.05, 0.1) is 12.6 Å². The number of amides is 1. The van der Waals surface area contributed by atoms with Crippen molar-refractivity contribution in [3.8, 4) is 0 Å². The number of carbonyl (C=O) groups is 1. The molecule has 1 aromatic carbocycles. The van der Waals surface area contributed by atoms with Gasteiger partial charge in [-0.1, -0.05) is 51.1 Å². The van der Waals surface area contributed by atoms with Gasteiger partial charge < -0.3 is 14.5 Å². The van der Waals surface area contributed by atoms with Gasteiger partial charge in [-0.3, -0.25) is 0 Å². The number of carbonyl (C=O) groups excluding carboxylic acids is 1. The molecular weight excluding hydrogens is 294 g/mol. The molecule has 1 amide bonds. The number of rotatable bonds is 6. The molecule has 0 saturated heterocycles. The van der Waals surface area contributed by atoms with Crippen LogP contribution in [0.2, 0.25) is 18.1 Å². The van der Waals surface area contributed by atoms with Crippen molar-refractivity contribution in [3.63, 3.8) is 0 Å². The van der Waals surface area contributed by atoms with Gasteiger partial charge >= 0.3 is 6.09 Å². The van der Waals surface area contributed by atoms with Gasteiger partial charge in [0.25, 0.3) is 0 Å². The minimum absolute atomic E-state index is 0.0719. The molecule has 0 saturated carbocycles. The van der Waals surface area contributed by atoms with Crippen molar-refractivity contribution in [2.75, 3.05) is 6.61 Å². The average molecular weight is 324 g/mol. The van der Waals surface area contributed by atoms with E-state index >= 15 is 0 Å². The van der Waals surface area contributed by atoms with E-state index in [0.717, 1.165) is 5.56 Å². The highest BCUT2D eigenvalue weighted by Crippen LogP contribution is 2.36. The van der Waals surface area contributed by atoms with Gasteiger partial charge in [0.1, 0.15) is 6.61 Å². The lowest BCUT2D eigenvalue weighted by molar-refractivity contribution is 0.131. The second kappa shape index (κ2) is 7.79. The molecule has 4 nitrogen and oxygen atoms in total. The summed E-state index contributed by atoms with van der Waals surface area (Å²) in [5, 5.41) is 2.98. The van der Waals surface area contributed by atoms with E-state index in [-0.39, 0.29) is 17.7 Å². The van der Waals surface area contributed by atoms with E-state index in [1.54, 1.807) is 0 Å². The standard InChI is InChI=1S/C17H29NO3Si/c1-14(12-21-22(5,6)17(2,3)4)18-16(19)20-13-15-10-8-7-9-11-15/h7-11,14H,12-13H2,1-6H3,(H,18,19). The van der Waals surface area contributed by atoms with Crippen LogP contribution in [0.3, 0.4) is 0 Å². The van der Waals surface area contributed by atoms with Gasteiger partial charge in [0.15, 0.2) is 8.32 Å². The third kappa shape index (κ3) is 6.20. The molecule has 1 aromatic rings. The zero-order valence-electron chi connectivity index (χ0n) is 14.6. The Morgan fingerprint density at radius 2 is 1.82 bits per heavy atom. The van der Waals surface area contributed by atoms with Crippen LogP contribution in [0.15, 0.2) is 30.3 Å². The zero-order chi connectivity index (χ0) is 16.8. The molecule has 0 aliphatic carbocycles. The van der Waals surface area contributed by atoms with Gasteiger partial charge in [-0.25, -0.2) is 4.79 Å². The minimum Gasteiger partial charge on any atom is -0.445 e. The normalized spacial score (nSPS) is 13.5. The summed E-state index contributed by atoms with van der Waals surface area (Å²) in [4.78, 5) is 11.8. The maximum absolute atomic E-state index is 11.8. The quantitative estimate of drug-likeness (QED) is 0.793. The number of alkyl carbamates (subject to hydrolysis) is 1. The predicted molar refractivity (Wildman–Crippen MR) is 92.4 cm³/mol. The summed E-state index contributed by atoms with van der Waals surface area (Å²) in [6, 6.07) is 9.56. The fourth-order valence-corrected chi connectivity index (χ4v) is 2.66. The highest BCUT2D eigenvalue weighted by molar-refractivity contribution is 6.74. The summed E-state index contributed by atoms with van der Waals surface area (Å²) in [5.74, 6) is 0. The summed E-state index contributed by atoms with van der Waals surface area (Å²) in [6.07, 6.45) is -0.407. The van der Waals surface area contributed by atoms with Crippen LogP contribution in [0, 0.1) is 0 Å². The molecule has 0 fully saturated rings. The Balaban J connectivity index is 2.33. The fraction of sp³-hybridized carbons (Fsp3) is 0.588. The van der Waals surface area contributed by atoms with Crippen molar-refractivity contribution >= 4 is 14.4 Å². The van der Waals surface area contributed by atoms with Crippen LogP contribution in [0.4, 0.5) is 4.79 Å². The highest BCUT2D eigenvalue weighted by Gasteiger charge is 2.37. The number of hydrogen-bond donors (Lipinski definition) is 1. The molecule has 0 radical (unpaired) electrons. The van der Waals surface area contributed by atoms with Crippen molar-refractivity contribution < 1.29 is 14.0 Å². The first-order valence-electron chi connectivity index (χ1n) is 7.73. The van der Waals surface area contributed by atoms with Crippen molar-refractivity contribution in [1.29, 1.82) is 0 Å². The van der Waals surface area contributed by atoms with Gasteiger partial charge in [0.2, 0.25) is 0 Å². The molecular formula is C17H29NO3Si. The molecule has 0 heterocycles. The molecule has 0 aromatic heterocycles. The Morgan fingerprint density at radius 3 is 2.36 bits per heavy atom. The van der Waals surface area contributed by atoms with Gasteiger partial charge in [0, 0.05) is 0 Å². The van der Waals surface area contributed by atoms with E-state index < -0.39 is 14.4 Å². The second-order valence-corrected chi connectivity index (χ2v) is 12.0. The Morgan fingerprint density at radius 1 is 1.23 bits per heavy atom. The number of benzene rings is 1. The number of ether oxygens (including phenoxy) is 1. The third-order valence-corrected chi connectivity index (χ3v) is 8.58. The van der Waals surface area contributed by atoms with Gasteiger partial charge in [-0.05, 0) is 30.6 Å². The summed E-state index contributed by atoms with van der Waals surface area (Å²) >= 11 is 0. The number of nitrogens with one attached hydrogen (secondary N) is 1. The largest absolute Gasteiger partial charge is 0.445 e. The summed E-state index contributed by atoms with van der Waals surface area (Å²) in [6.45, 7) is 13.7. The van der Waals surface area contributed by atoms with Crippen LogP contribution in [-0.4, -0.2) is 27.1 Å². The topological polar surface area (TPSA) is 47.6 Å². The first kappa shape index (κ1) is 18.7.